The summed E-state index contributed by atoms with van der Waals surface area (Å²) < 4.78 is 30.8. The van der Waals surface area contributed by atoms with Crippen molar-refractivity contribution in [2.75, 3.05) is 7.11 Å². The molecule has 0 saturated carbocycles. The van der Waals surface area contributed by atoms with Crippen molar-refractivity contribution in [3.8, 4) is 11.8 Å². The minimum atomic E-state index is -3.03. The van der Waals surface area contributed by atoms with Crippen LogP contribution >= 0.6 is 0 Å². The topological polar surface area (TPSA) is 33.0 Å². The number of benzene rings is 1. The fourth-order valence-corrected chi connectivity index (χ4v) is 1.18. The molecule has 0 heterocycles. The molecule has 2 nitrogen and oxygen atoms in total. The van der Waals surface area contributed by atoms with Crippen LogP contribution in [0.2, 0.25) is 0 Å². The molecule has 1 rings (SSSR count). The highest BCUT2D eigenvalue weighted by Crippen LogP contribution is 2.33. The van der Waals surface area contributed by atoms with Crippen LogP contribution in [0.1, 0.15) is 18.1 Å². The molecule has 0 fully saturated rings. The van der Waals surface area contributed by atoms with Crippen molar-refractivity contribution in [1.29, 1.82) is 5.26 Å². The van der Waals surface area contributed by atoms with E-state index in [2.05, 4.69) is 0 Å². The Morgan fingerprint density at radius 2 is 2.07 bits per heavy atom. The summed E-state index contributed by atoms with van der Waals surface area (Å²) in [6.07, 6.45) is 0. The maximum absolute atomic E-state index is 13.0. The zero-order valence-corrected chi connectivity index (χ0v) is 7.84. The summed E-state index contributed by atoms with van der Waals surface area (Å²) in [5, 5.41) is 8.73. The number of ether oxygens (including phenoxy) is 1. The summed E-state index contributed by atoms with van der Waals surface area (Å²) >= 11 is 0. The van der Waals surface area contributed by atoms with Crippen molar-refractivity contribution in [3.63, 3.8) is 0 Å². The van der Waals surface area contributed by atoms with E-state index >= 15 is 0 Å². The van der Waals surface area contributed by atoms with Crippen LogP contribution in [0.4, 0.5) is 8.78 Å². The Labute approximate surface area is 80.7 Å². The molecule has 0 spiro atoms. The lowest BCUT2D eigenvalue weighted by Gasteiger charge is -2.13. The molecule has 0 aliphatic carbocycles. The van der Waals surface area contributed by atoms with Gasteiger partial charge in [-0.2, -0.15) is 5.26 Å². The van der Waals surface area contributed by atoms with Gasteiger partial charge in [-0.25, -0.2) is 8.78 Å². The highest BCUT2D eigenvalue weighted by molar-refractivity contribution is 5.50. The largest absolute Gasteiger partial charge is 0.495 e. The molecule has 1 aromatic carbocycles. The number of nitrogens with zero attached hydrogens (tertiary/aromatic N) is 1. The van der Waals surface area contributed by atoms with E-state index in [1.165, 1.54) is 25.3 Å². The molecule has 0 saturated heterocycles. The van der Waals surface area contributed by atoms with Crippen molar-refractivity contribution in [2.45, 2.75) is 12.8 Å². The summed E-state index contributed by atoms with van der Waals surface area (Å²) in [5.41, 5.74) is -0.415. The standard InChI is InChI=1S/C10H9F2NO/c1-10(11,12)8-4-3-5-9(14-2)7(8)6-13/h3-5H,1-2H3. The van der Waals surface area contributed by atoms with Gasteiger partial charge in [-0.05, 0) is 6.07 Å². The van der Waals surface area contributed by atoms with Gasteiger partial charge in [0.15, 0.2) is 0 Å². The van der Waals surface area contributed by atoms with Crippen LogP contribution in [0.25, 0.3) is 0 Å². The van der Waals surface area contributed by atoms with E-state index in [1.807, 2.05) is 0 Å². The molecule has 74 valence electrons. The van der Waals surface area contributed by atoms with Gasteiger partial charge in [0.05, 0.1) is 7.11 Å². The molecule has 14 heavy (non-hydrogen) atoms. The molecule has 0 atom stereocenters. The first-order valence-electron chi connectivity index (χ1n) is 3.96. The number of hydrogen-bond acceptors (Lipinski definition) is 2. The quantitative estimate of drug-likeness (QED) is 0.730. The lowest BCUT2D eigenvalue weighted by molar-refractivity contribution is 0.0170. The smallest absolute Gasteiger partial charge is 0.271 e. The molecular weight excluding hydrogens is 188 g/mol. The van der Waals surface area contributed by atoms with Gasteiger partial charge >= 0.3 is 0 Å². The SMILES string of the molecule is COc1cccc(C(C)(F)F)c1C#N. The van der Waals surface area contributed by atoms with Crippen molar-refractivity contribution in [2.24, 2.45) is 0 Å². The Kier molecular flexibility index (Phi) is 2.70. The first kappa shape index (κ1) is 10.5. The third kappa shape index (κ3) is 1.82. The van der Waals surface area contributed by atoms with Crippen LogP contribution in [0.5, 0.6) is 5.75 Å². The van der Waals surface area contributed by atoms with E-state index in [-0.39, 0.29) is 16.9 Å². The van der Waals surface area contributed by atoms with Crippen LogP contribution in [-0.4, -0.2) is 7.11 Å². The highest BCUT2D eigenvalue weighted by Gasteiger charge is 2.29. The summed E-state index contributed by atoms with van der Waals surface area (Å²) in [7, 11) is 1.34. The predicted molar refractivity (Wildman–Crippen MR) is 47.3 cm³/mol. The van der Waals surface area contributed by atoms with Gasteiger partial charge < -0.3 is 4.74 Å². The molecule has 1 aromatic rings. The first-order valence-corrected chi connectivity index (χ1v) is 3.96. The second-order valence-electron chi connectivity index (χ2n) is 2.88. The van der Waals surface area contributed by atoms with Gasteiger partial charge in [0.1, 0.15) is 17.4 Å². The lowest BCUT2D eigenvalue weighted by atomic mass is 10.0. The van der Waals surface area contributed by atoms with Gasteiger partial charge in [-0.1, -0.05) is 12.1 Å². The molecule has 0 aliphatic heterocycles. The summed E-state index contributed by atoms with van der Waals surface area (Å²) in [5.74, 6) is -2.86. The van der Waals surface area contributed by atoms with Gasteiger partial charge in [-0.3, -0.25) is 0 Å². The number of methoxy groups -OCH3 is 1. The van der Waals surface area contributed by atoms with Gasteiger partial charge in [0, 0.05) is 12.5 Å². The molecule has 0 aliphatic rings. The van der Waals surface area contributed by atoms with Crippen LogP contribution in [0.15, 0.2) is 18.2 Å². The van der Waals surface area contributed by atoms with Gasteiger partial charge in [-0.15, -0.1) is 0 Å². The third-order valence-electron chi connectivity index (χ3n) is 1.83. The monoisotopic (exact) mass is 197 g/mol. The summed E-state index contributed by atoms with van der Waals surface area (Å²) in [6, 6.07) is 5.86. The zero-order valence-electron chi connectivity index (χ0n) is 7.84. The minimum absolute atomic E-state index is 0.109. The lowest BCUT2D eigenvalue weighted by Crippen LogP contribution is -2.10. The fourth-order valence-electron chi connectivity index (χ4n) is 1.18. The maximum atomic E-state index is 13.0. The Morgan fingerprint density at radius 1 is 1.43 bits per heavy atom. The van der Waals surface area contributed by atoms with E-state index in [4.69, 9.17) is 10.00 Å². The Balaban J connectivity index is 3.39. The fraction of sp³-hybridized carbons (Fsp3) is 0.300. The Hall–Kier alpha value is -1.63. The van der Waals surface area contributed by atoms with E-state index in [0.29, 0.717) is 0 Å². The second kappa shape index (κ2) is 3.62. The first-order chi connectivity index (χ1) is 6.50. The van der Waals surface area contributed by atoms with Gasteiger partial charge in [0.2, 0.25) is 0 Å². The van der Waals surface area contributed by atoms with E-state index in [1.54, 1.807) is 6.07 Å². The molecule has 0 aromatic heterocycles. The average molecular weight is 197 g/mol. The minimum Gasteiger partial charge on any atom is -0.495 e. The van der Waals surface area contributed by atoms with E-state index in [9.17, 15) is 8.78 Å². The molecule has 0 bridgehead atoms. The number of alkyl halides is 2. The summed E-state index contributed by atoms with van der Waals surface area (Å²) in [4.78, 5) is 0. The molecule has 0 unspecified atom stereocenters. The highest BCUT2D eigenvalue weighted by atomic mass is 19.3. The molecular formula is C10H9F2NO. The van der Waals surface area contributed by atoms with Crippen molar-refractivity contribution < 1.29 is 13.5 Å². The van der Waals surface area contributed by atoms with Crippen LogP contribution in [-0.2, 0) is 5.92 Å². The normalized spacial score (nSPS) is 10.8. The van der Waals surface area contributed by atoms with Crippen LogP contribution < -0.4 is 4.74 Å². The molecule has 0 radical (unpaired) electrons. The number of rotatable bonds is 2. The van der Waals surface area contributed by atoms with Gasteiger partial charge in [0.25, 0.3) is 5.92 Å². The number of nitriles is 1. The number of halogens is 2. The van der Waals surface area contributed by atoms with Crippen LogP contribution in [0, 0.1) is 11.3 Å². The zero-order chi connectivity index (χ0) is 10.8. The summed E-state index contributed by atoms with van der Waals surface area (Å²) in [6.45, 7) is 0.753. The molecule has 4 heteroatoms. The third-order valence-corrected chi connectivity index (χ3v) is 1.83. The van der Waals surface area contributed by atoms with E-state index < -0.39 is 5.92 Å². The van der Waals surface area contributed by atoms with Crippen LogP contribution in [0.3, 0.4) is 0 Å². The van der Waals surface area contributed by atoms with Crippen molar-refractivity contribution in [1.82, 2.24) is 0 Å². The van der Waals surface area contributed by atoms with E-state index in [0.717, 1.165) is 6.92 Å². The maximum Gasteiger partial charge on any atom is 0.271 e. The Morgan fingerprint density at radius 3 is 2.50 bits per heavy atom. The van der Waals surface area contributed by atoms with Crippen molar-refractivity contribution >= 4 is 0 Å². The van der Waals surface area contributed by atoms with Crippen molar-refractivity contribution in [3.05, 3.63) is 29.3 Å². The average Bonchev–Trinajstić information content (AvgIpc) is 2.15. The molecule has 0 N–H and O–H groups in total. The predicted octanol–water partition coefficient (Wildman–Crippen LogP) is 2.68. The Bertz CT molecular complexity index is 377. The molecule has 0 amide bonds. The second-order valence-corrected chi connectivity index (χ2v) is 2.88. The number of hydrogen-bond donors (Lipinski definition) is 0.